The molecule has 5 nitrogen and oxygen atoms in total. The van der Waals surface area contributed by atoms with Gasteiger partial charge in [-0.05, 0) is 55.8 Å². The van der Waals surface area contributed by atoms with Crippen molar-refractivity contribution in [3.63, 3.8) is 0 Å². The van der Waals surface area contributed by atoms with Crippen LogP contribution in [0.5, 0.6) is 0 Å². The molecular weight excluding hydrogens is 420 g/mol. The van der Waals surface area contributed by atoms with Gasteiger partial charge in [0.15, 0.2) is 0 Å². The van der Waals surface area contributed by atoms with Crippen LogP contribution in [0.1, 0.15) is 22.8 Å². The van der Waals surface area contributed by atoms with Crippen LogP contribution in [0.25, 0.3) is 0 Å². The van der Waals surface area contributed by atoms with E-state index in [9.17, 15) is 30.8 Å². The number of benzene rings is 2. The molecule has 1 amide bonds. The molecule has 2 rings (SSSR count). The van der Waals surface area contributed by atoms with Crippen molar-refractivity contribution in [1.82, 2.24) is 4.72 Å². The Morgan fingerprint density at radius 1 is 1.11 bits per heavy atom. The molecule has 11 heteroatoms. The highest BCUT2D eigenvalue weighted by atomic mass is 32.2. The average molecular weight is 438 g/mol. The number of nitrogens with one attached hydrogen (secondary N) is 2. The largest absolute Gasteiger partial charge is 0.404 e. The van der Waals surface area contributed by atoms with Gasteiger partial charge in [0, 0.05) is 11.3 Å². The molecule has 0 bridgehead atoms. The van der Waals surface area contributed by atoms with E-state index in [0.717, 1.165) is 18.2 Å². The van der Waals surface area contributed by atoms with Gasteiger partial charge in [-0.2, -0.15) is 31.4 Å². The second-order valence-electron chi connectivity index (χ2n) is 5.83. The maximum atomic E-state index is 13.3. The summed E-state index contributed by atoms with van der Waals surface area (Å²) in [6, 6.07) is 6.15. The molecule has 0 saturated carbocycles. The van der Waals surface area contributed by atoms with Gasteiger partial charge in [-0.1, -0.05) is 6.07 Å². The van der Waals surface area contributed by atoms with Gasteiger partial charge in [-0.15, -0.1) is 0 Å². The first-order valence-electron chi connectivity index (χ1n) is 7.67. The lowest BCUT2D eigenvalue weighted by Crippen LogP contribution is -2.43. The van der Waals surface area contributed by atoms with Gasteiger partial charge >= 0.3 is 6.18 Å². The van der Waals surface area contributed by atoms with E-state index in [1.807, 2.05) is 0 Å². The van der Waals surface area contributed by atoms with E-state index >= 15 is 0 Å². The quantitative estimate of drug-likeness (QED) is 0.699. The first-order valence-corrected chi connectivity index (χ1v) is 9.15. The van der Waals surface area contributed by atoms with Crippen LogP contribution in [0, 0.1) is 12.7 Å². The van der Waals surface area contributed by atoms with Crippen LogP contribution in [-0.4, -0.2) is 26.5 Å². The number of hydrogen-bond acceptors (Lipinski definition) is 3. The number of carbonyl (C=O) groups excluding carboxylic acids is 1. The predicted molar refractivity (Wildman–Crippen MR) is 102 cm³/mol. The summed E-state index contributed by atoms with van der Waals surface area (Å²) in [6.45, 7) is 2.18. The molecule has 1 atom stereocenters. The minimum Gasteiger partial charge on any atom is -0.322 e. The molecule has 0 aliphatic rings. The smallest absolute Gasteiger partial charge is 0.322 e. The summed E-state index contributed by atoms with van der Waals surface area (Å²) in [6.07, 6.45) is -4.75. The zero-order valence-electron chi connectivity index (χ0n) is 14.8. The van der Waals surface area contributed by atoms with E-state index in [4.69, 9.17) is 0 Å². The normalized spacial score (nSPS) is 12.8. The number of anilines is 1. The van der Waals surface area contributed by atoms with Crippen molar-refractivity contribution in [3.8, 4) is 0 Å². The Labute approximate surface area is 166 Å². The fraction of sp³-hybridized carbons (Fsp3) is 0.235. The Morgan fingerprint density at radius 2 is 1.75 bits per heavy atom. The number of amides is 1. The van der Waals surface area contributed by atoms with Crippen molar-refractivity contribution in [2.24, 2.45) is 0 Å². The van der Waals surface area contributed by atoms with Crippen LogP contribution in [-0.2, 0) is 10.0 Å². The number of sulfonamides is 1. The summed E-state index contributed by atoms with van der Waals surface area (Å²) < 4.78 is 76.8. The highest BCUT2D eigenvalue weighted by Gasteiger charge is 2.38. The Balaban J connectivity index is 0.00000392. The Kier molecular flexibility index (Phi) is 7.63. The van der Waals surface area contributed by atoms with Crippen LogP contribution in [0.15, 0.2) is 47.4 Å². The molecule has 0 fully saturated rings. The second-order valence-corrected chi connectivity index (χ2v) is 7.54. The first kappa shape index (κ1) is 23.9. The molecule has 2 aromatic rings. The number of hydrogen-bond donors (Lipinski definition) is 2. The average Bonchev–Trinajstić information content (AvgIpc) is 2.57. The number of halogens is 4. The summed E-state index contributed by atoms with van der Waals surface area (Å²) >= 11 is 0. The lowest BCUT2D eigenvalue weighted by atomic mass is 10.2. The zero-order valence-corrected chi connectivity index (χ0v) is 16.6. The van der Waals surface area contributed by atoms with Crippen LogP contribution in [0.3, 0.4) is 0 Å². The predicted octanol–water partition coefficient (Wildman–Crippen LogP) is 3.73. The van der Waals surface area contributed by atoms with Crippen LogP contribution < -0.4 is 10.0 Å². The minimum absolute atomic E-state index is 0. The SMILES string of the molecule is Cc1cc(NC(=O)c2cccc(S(=O)(=O)N[C@@H](C)C(F)(F)F)c2)ccc1F.S. The van der Waals surface area contributed by atoms with Crippen LogP contribution in [0.2, 0.25) is 0 Å². The number of carbonyl (C=O) groups is 1. The topological polar surface area (TPSA) is 75.3 Å². The van der Waals surface area contributed by atoms with Crippen molar-refractivity contribution < 1.29 is 30.8 Å². The standard InChI is InChI=1S/C17H16F4N2O3S.H2S/c1-10-8-13(6-7-15(10)18)22-16(24)12-4-3-5-14(9-12)27(25,26)23-11(2)17(19,20)21;/h3-9,11,23H,1-2H3,(H,22,24);1H2/t11-;/m0./s1. The van der Waals surface area contributed by atoms with E-state index in [1.165, 1.54) is 35.9 Å². The third-order valence-corrected chi connectivity index (χ3v) is 5.18. The fourth-order valence-electron chi connectivity index (χ4n) is 2.10. The van der Waals surface area contributed by atoms with Gasteiger partial charge in [0.1, 0.15) is 11.9 Å². The lowest BCUT2D eigenvalue weighted by Gasteiger charge is -2.17. The van der Waals surface area contributed by atoms with Crippen molar-refractivity contribution in [2.45, 2.75) is 31.0 Å². The summed E-state index contributed by atoms with van der Waals surface area (Å²) in [5.74, 6) is -1.15. The third kappa shape index (κ3) is 5.94. The van der Waals surface area contributed by atoms with E-state index in [-0.39, 0.29) is 24.7 Å². The maximum absolute atomic E-state index is 13.3. The molecule has 2 N–H and O–H groups in total. The molecule has 0 aliphatic carbocycles. The summed E-state index contributed by atoms with van der Waals surface area (Å²) in [5, 5.41) is 2.47. The molecule has 0 aliphatic heterocycles. The van der Waals surface area contributed by atoms with Gasteiger partial charge in [0.25, 0.3) is 5.91 Å². The monoisotopic (exact) mass is 438 g/mol. The fourth-order valence-corrected chi connectivity index (χ4v) is 3.37. The van der Waals surface area contributed by atoms with Gasteiger partial charge in [-0.3, -0.25) is 4.79 Å². The highest BCUT2D eigenvalue weighted by molar-refractivity contribution is 7.89. The van der Waals surface area contributed by atoms with E-state index in [0.29, 0.717) is 12.5 Å². The molecular formula is C17H18F4N2O3S2. The Hall–Kier alpha value is -2.11. The Bertz CT molecular complexity index is 963. The molecule has 0 radical (unpaired) electrons. The van der Waals surface area contributed by atoms with Crippen molar-refractivity contribution in [2.75, 3.05) is 5.32 Å². The van der Waals surface area contributed by atoms with Gasteiger partial charge in [-0.25, -0.2) is 12.8 Å². The summed E-state index contributed by atoms with van der Waals surface area (Å²) in [4.78, 5) is 11.8. The summed E-state index contributed by atoms with van der Waals surface area (Å²) in [5.41, 5.74) is 0.505. The molecule has 0 saturated heterocycles. The van der Waals surface area contributed by atoms with E-state index in [1.54, 1.807) is 0 Å². The molecule has 28 heavy (non-hydrogen) atoms. The number of aryl methyl sites for hydroxylation is 1. The second kappa shape index (κ2) is 8.93. The van der Waals surface area contributed by atoms with E-state index < -0.39 is 38.9 Å². The van der Waals surface area contributed by atoms with Gasteiger partial charge in [0.2, 0.25) is 10.0 Å². The molecule has 2 aromatic carbocycles. The highest BCUT2D eigenvalue weighted by Crippen LogP contribution is 2.22. The molecule has 0 unspecified atom stereocenters. The van der Waals surface area contributed by atoms with Gasteiger partial charge < -0.3 is 5.32 Å². The minimum atomic E-state index is -4.75. The van der Waals surface area contributed by atoms with Crippen molar-refractivity contribution >= 4 is 35.1 Å². The van der Waals surface area contributed by atoms with Crippen LogP contribution >= 0.6 is 13.5 Å². The molecule has 154 valence electrons. The summed E-state index contributed by atoms with van der Waals surface area (Å²) in [7, 11) is -4.48. The number of alkyl halides is 3. The van der Waals surface area contributed by atoms with Gasteiger partial charge in [0.05, 0.1) is 4.90 Å². The molecule has 0 spiro atoms. The van der Waals surface area contributed by atoms with Crippen LogP contribution in [0.4, 0.5) is 23.2 Å². The maximum Gasteiger partial charge on any atom is 0.404 e. The Morgan fingerprint density at radius 3 is 2.32 bits per heavy atom. The van der Waals surface area contributed by atoms with E-state index in [2.05, 4.69) is 5.32 Å². The first-order chi connectivity index (χ1) is 12.4. The molecule has 0 heterocycles. The third-order valence-electron chi connectivity index (χ3n) is 3.65. The van der Waals surface area contributed by atoms with Crippen molar-refractivity contribution in [1.29, 1.82) is 0 Å². The van der Waals surface area contributed by atoms with Crippen molar-refractivity contribution in [3.05, 3.63) is 59.4 Å². The zero-order chi connectivity index (χ0) is 20.4. The molecule has 0 aromatic heterocycles. The lowest BCUT2D eigenvalue weighted by molar-refractivity contribution is -0.147. The number of rotatable bonds is 5.